The van der Waals surface area contributed by atoms with E-state index in [9.17, 15) is 4.79 Å². The summed E-state index contributed by atoms with van der Waals surface area (Å²) in [5.74, 6) is 1.41. The molecule has 0 bridgehead atoms. The van der Waals surface area contributed by atoms with Crippen LogP contribution in [-0.2, 0) is 0 Å². The van der Waals surface area contributed by atoms with Gasteiger partial charge in [-0.1, -0.05) is 12.1 Å². The zero-order chi connectivity index (χ0) is 22.9. The molecular formula is C24H31N5O3. The van der Waals surface area contributed by atoms with Crippen molar-refractivity contribution in [2.24, 2.45) is 4.99 Å². The third-order valence-corrected chi connectivity index (χ3v) is 5.70. The van der Waals surface area contributed by atoms with E-state index >= 15 is 0 Å². The van der Waals surface area contributed by atoms with E-state index in [1.165, 1.54) is 14.2 Å². The third-order valence-electron chi connectivity index (χ3n) is 5.70. The number of carbonyl (C=O) groups is 1. The largest absolute Gasteiger partial charge is 0.481 e. The second-order valence-corrected chi connectivity index (χ2v) is 9.25. The van der Waals surface area contributed by atoms with Gasteiger partial charge in [0.25, 0.3) is 5.91 Å². The summed E-state index contributed by atoms with van der Waals surface area (Å²) >= 11 is 0. The Labute approximate surface area is 189 Å². The van der Waals surface area contributed by atoms with E-state index < -0.39 is 5.54 Å². The molecule has 0 radical (unpaired) electrons. The van der Waals surface area contributed by atoms with Crippen molar-refractivity contribution in [1.82, 2.24) is 9.88 Å². The van der Waals surface area contributed by atoms with Gasteiger partial charge in [0.1, 0.15) is 16.9 Å². The fourth-order valence-corrected chi connectivity index (χ4v) is 4.29. The number of nitrogens with zero attached hydrogens (tertiary/aromatic N) is 3. The van der Waals surface area contributed by atoms with Crippen LogP contribution in [0.1, 0.15) is 44.0 Å². The van der Waals surface area contributed by atoms with Crippen molar-refractivity contribution in [1.29, 1.82) is 0 Å². The minimum absolute atomic E-state index is 0.119. The minimum Gasteiger partial charge on any atom is -0.481 e. The molecule has 1 aromatic carbocycles. The van der Waals surface area contributed by atoms with Crippen molar-refractivity contribution in [2.75, 3.05) is 37.9 Å². The van der Waals surface area contributed by atoms with Gasteiger partial charge in [0.2, 0.25) is 11.8 Å². The summed E-state index contributed by atoms with van der Waals surface area (Å²) in [5.41, 5.74) is 1.66. The Balaban J connectivity index is 1.69. The number of para-hydroxylation sites is 2. The summed E-state index contributed by atoms with van der Waals surface area (Å²) in [5, 5.41) is 7.26. The summed E-state index contributed by atoms with van der Waals surface area (Å²) in [6, 6.07) is 11.5. The van der Waals surface area contributed by atoms with Crippen LogP contribution in [0.4, 0.5) is 11.4 Å². The number of hydrogen-bond acceptors (Lipinski definition) is 6. The van der Waals surface area contributed by atoms with Crippen LogP contribution in [-0.4, -0.2) is 60.0 Å². The number of carbonyl (C=O) groups excluding carboxylic acids is 1. The second-order valence-electron chi connectivity index (χ2n) is 9.25. The molecule has 170 valence electrons. The normalized spacial score (nSPS) is 21.5. The highest BCUT2D eigenvalue weighted by Gasteiger charge is 2.45. The zero-order valence-corrected chi connectivity index (χ0v) is 19.4. The molecular weight excluding hydrogens is 406 g/mol. The van der Waals surface area contributed by atoms with E-state index in [-0.39, 0.29) is 17.3 Å². The van der Waals surface area contributed by atoms with Crippen molar-refractivity contribution in [2.45, 2.75) is 44.7 Å². The first-order chi connectivity index (χ1) is 15.2. The van der Waals surface area contributed by atoms with Gasteiger partial charge in [0.05, 0.1) is 37.7 Å². The van der Waals surface area contributed by atoms with Gasteiger partial charge in [-0.2, -0.15) is 4.98 Å². The molecule has 1 saturated heterocycles. The Morgan fingerprint density at radius 2 is 1.88 bits per heavy atom. The molecule has 1 spiro atoms. The number of aliphatic imine (C=N–C) groups is 1. The molecule has 8 heteroatoms. The smallest absolute Gasteiger partial charge is 0.259 e. The van der Waals surface area contributed by atoms with Crippen LogP contribution in [0.25, 0.3) is 0 Å². The third kappa shape index (κ3) is 4.22. The average molecular weight is 438 g/mol. The maximum absolute atomic E-state index is 13.5. The lowest BCUT2D eigenvalue weighted by Gasteiger charge is -2.47. The van der Waals surface area contributed by atoms with Gasteiger partial charge in [0.15, 0.2) is 0 Å². The number of nitrogens with one attached hydrogen (secondary N) is 2. The molecule has 1 atom stereocenters. The monoisotopic (exact) mass is 437 g/mol. The van der Waals surface area contributed by atoms with E-state index in [0.717, 1.165) is 30.1 Å². The highest BCUT2D eigenvalue weighted by molar-refractivity contribution is 6.10. The second kappa shape index (κ2) is 8.33. The number of hydrogen-bond donors (Lipinski definition) is 2. The van der Waals surface area contributed by atoms with Crippen molar-refractivity contribution in [3.63, 3.8) is 0 Å². The number of likely N-dealkylation sites (tertiary alicyclic amines) is 1. The first-order valence-electron chi connectivity index (χ1n) is 10.9. The molecule has 0 unspecified atom stereocenters. The summed E-state index contributed by atoms with van der Waals surface area (Å²) in [4.78, 5) is 24.7. The topological polar surface area (TPSA) is 88.1 Å². The SMILES string of the molecule is COc1ccc(C(=O)N2CCC[C@@]3(C2)Nc2ccccc2NC3=NC(C)(C)C)c(OC)n1. The van der Waals surface area contributed by atoms with Crippen LogP contribution in [0.5, 0.6) is 11.8 Å². The van der Waals surface area contributed by atoms with Crippen molar-refractivity contribution in [3.8, 4) is 11.8 Å². The number of pyridine rings is 1. The summed E-state index contributed by atoms with van der Waals surface area (Å²) in [6.07, 6.45) is 1.71. The van der Waals surface area contributed by atoms with Gasteiger partial charge in [-0.05, 0) is 51.8 Å². The lowest BCUT2D eigenvalue weighted by molar-refractivity contribution is 0.0690. The number of benzene rings is 1. The number of rotatable bonds is 3. The molecule has 8 nitrogen and oxygen atoms in total. The van der Waals surface area contributed by atoms with Gasteiger partial charge in [-0.3, -0.25) is 9.79 Å². The number of methoxy groups -OCH3 is 2. The van der Waals surface area contributed by atoms with E-state index in [1.807, 2.05) is 23.1 Å². The predicted molar refractivity (Wildman–Crippen MR) is 126 cm³/mol. The minimum atomic E-state index is -0.497. The molecule has 2 aliphatic rings. The number of amidine groups is 1. The molecule has 4 rings (SSSR count). The predicted octanol–water partition coefficient (Wildman–Crippen LogP) is 3.81. The molecule has 3 heterocycles. The first-order valence-corrected chi connectivity index (χ1v) is 10.9. The number of anilines is 2. The van der Waals surface area contributed by atoms with Crippen molar-refractivity contribution in [3.05, 3.63) is 42.0 Å². The van der Waals surface area contributed by atoms with Gasteiger partial charge < -0.3 is 25.0 Å². The Morgan fingerprint density at radius 1 is 1.12 bits per heavy atom. The van der Waals surface area contributed by atoms with Gasteiger partial charge in [-0.15, -0.1) is 0 Å². The fraction of sp³-hybridized carbons (Fsp3) is 0.458. The van der Waals surface area contributed by atoms with Gasteiger partial charge >= 0.3 is 0 Å². The lowest BCUT2D eigenvalue weighted by atomic mass is 9.84. The highest BCUT2D eigenvalue weighted by atomic mass is 16.5. The molecule has 1 aromatic heterocycles. The molecule has 2 aliphatic heterocycles. The molecule has 0 aliphatic carbocycles. The van der Waals surface area contributed by atoms with E-state index in [2.05, 4.69) is 42.5 Å². The van der Waals surface area contributed by atoms with Gasteiger partial charge in [0, 0.05) is 12.6 Å². The highest BCUT2D eigenvalue weighted by Crippen LogP contribution is 2.37. The standard InChI is InChI=1S/C24H31N5O3/c1-23(2,3)28-22-24(27-18-10-7-6-9-17(18)25-22)13-8-14-29(15-24)21(30)16-11-12-19(31-4)26-20(16)32-5/h6-7,9-12,27H,8,13-15H2,1-5H3,(H,25,28)/t24-/m0/s1. The number of aromatic nitrogens is 1. The number of piperidine rings is 1. The van der Waals surface area contributed by atoms with Crippen LogP contribution < -0.4 is 20.1 Å². The number of fused-ring (bicyclic) bond motifs is 1. The zero-order valence-electron chi connectivity index (χ0n) is 19.4. The molecule has 32 heavy (non-hydrogen) atoms. The summed E-state index contributed by atoms with van der Waals surface area (Å²) in [7, 11) is 3.04. The van der Waals surface area contributed by atoms with E-state index in [0.29, 0.717) is 24.5 Å². The van der Waals surface area contributed by atoms with Crippen molar-refractivity contribution < 1.29 is 14.3 Å². The molecule has 1 amide bonds. The Bertz CT molecular complexity index is 1050. The van der Waals surface area contributed by atoms with Crippen LogP contribution in [0.2, 0.25) is 0 Å². The summed E-state index contributed by atoms with van der Waals surface area (Å²) in [6.45, 7) is 7.37. The van der Waals surface area contributed by atoms with Crippen LogP contribution in [0.3, 0.4) is 0 Å². The molecule has 2 N–H and O–H groups in total. The average Bonchev–Trinajstić information content (AvgIpc) is 2.78. The van der Waals surface area contributed by atoms with Crippen molar-refractivity contribution >= 4 is 23.1 Å². The lowest BCUT2D eigenvalue weighted by Crippen LogP contribution is -2.63. The molecule has 0 saturated carbocycles. The quantitative estimate of drug-likeness (QED) is 0.759. The van der Waals surface area contributed by atoms with Crippen LogP contribution in [0.15, 0.2) is 41.4 Å². The fourth-order valence-electron chi connectivity index (χ4n) is 4.29. The first kappa shape index (κ1) is 21.9. The van der Waals surface area contributed by atoms with E-state index in [1.54, 1.807) is 12.1 Å². The Kier molecular flexibility index (Phi) is 5.71. The Morgan fingerprint density at radius 3 is 2.56 bits per heavy atom. The van der Waals surface area contributed by atoms with Crippen LogP contribution in [0, 0.1) is 0 Å². The number of ether oxygens (including phenoxy) is 2. The van der Waals surface area contributed by atoms with E-state index in [4.69, 9.17) is 14.5 Å². The Hall–Kier alpha value is -3.29. The van der Waals surface area contributed by atoms with Crippen LogP contribution >= 0.6 is 0 Å². The molecule has 2 aromatic rings. The molecule has 1 fully saturated rings. The summed E-state index contributed by atoms with van der Waals surface area (Å²) < 4.78 is 10.6. The van der Waals surface area contributed by atoms with Gasteiger partial charge in [-0.25, -0.2) is 0 Å². The maximum atomic E-state index is 13.5. The number of amides is 1. The maximum Gasteiger partial charge on any atom is 0.259 e.